The van der Waals surface area contributed by atoms with Crippen LogP contribution in [0.1, 0.15) is 20.3 Å². The molecule has 1 fully saturated rings. The molecule has 1 aliphatic heterocycles. The zero-order valence-electron chi connectivity index (χ0n) is 11.2. The monoisotopic (exact) mass is 251 g/mol. The third-order valence-corrected chi connectivity index (χ3v) is 3.22. The molecule has 0 bridgehead atoms. The summed E-state index contributed by atoms with van der Waals surface area (Å²) in [5.74, 6) is 1.91. The molecule has 100 valence electrons. The topological polar surface area (TPSA) is 76.3 Å². The molecular formula is C12H21N5O. The number of morpholine rings is 1. The molecule has 6 heteroatoms. The molecule has 0 radical (unpaired) electrons. The van der Waals surface area contributed by atoms with Crippen LogP contribution in [0.2, 0.25) is 0 Å². The smallest absolute Gasteiger partial charge is 0.223 e. The maximum Gasteiger partial charge on any atom is 0.223 e. The van der Waals surface area contributed by atoms with Crippen LogP contribution in [0.4, 0.5) is 17.6 Å². The standard InChI is InChI=1S/C12H21N5O/c1-4-9-7-18-8(2)6-17(9)11-5-10(14-3)15-12(13)16-11/h5,8-9H,4,6-7H2,1-3H3,(H3,13,14,15,16). The fourth-order valence-corrected chi connectivity index (χ4v) is 2.19. The average Bonchev–Trinajstić information content (AvgIpc) is 2.38. The van der Waals surface area contributed by atoms with E-state index in [4.69, 9.17) is 10.5 Å². The lowest BCUT2D eigenvalue weighted by atomic mass is 10.1. The molecule has 1 aromatic heterocycles. The van der Waals surface area contributed by atoms with Crippen LogP contribution in [0.3, 0.4) is 0 Å². The van der Waals surface area contributed by atoms with Crippen molar-refractivity contribution < 1.29 is 4.74 Å². The molecule has 1 aliphatic rings. The second-order valence-corrected chi connectivity index (χ2v) is 4.58. The molecule has 2 unspecified atom stereocenters. The Morgan fingerprint density at radius 1 is 1.56 bits per heavy atom. The number of hydrogen-bond donors (Lipinski definition) is 2. The van der Waals surface area contributed by atoms with Crippen LogP contribution < -0.4 is 16.0 Å². The van der Waals surface area contributed by atoms with E-state index in [2.05, 4.69) is 34.0 Å². The van der Waals surface area contributed by atoms with Gasteiger partial charge in [-0.05, 0) is 13.3 Å². The summed E-state index contributed by atoms with van der Waals surface area (Å²) in [6.45, 7) is 5.79. The number of rotatable bonds is 3. The van der Waals surface area contributed by atoms with Crippen LogP contribution in [0.25, 0.3) is 0 Å². The first-order valence-electron chi connectivity index (χ1n) is 6.34. The number of aromatic nitrogens is 2. The third kappa shape index (κ3) is 2.64. The zero-order chi connectivity index (χ0) is 13.1. The minimum atomic E-state index is 0.210. The van der Waals surface area contributed by atoms with Gasteiger partial charge >= 0.3 is 0 Å². The Labute approximate surface area is 108 Å². The predicted octanol–water partition coefficient (Wildman–Crippen LogP) is 1.10. The number of nitrogens with zero attached hydrogens (tertiary/aromatic N) is 3. The molecule has 1 aromatic rings. The fourth-order valence-electron chi connectivity index (χ4n) is 2.19. The molecule has 2 heterocycles. The minimum Gasteiger partial charge on any atom is -0.375 e. The second-order valence-electron chi connectivity index (χ2n) is 4.58. The van der Waals surface area contributed by atoms with E-state index < -0.39 is 0 Å². The van der Waals surface area contributed by atoms with Crippen molar-refractivity contribution in [2.45, 2.75) is 32.4 Å². The number of anilines is 3. The number of nitrogen functional groups attached to an aromatic ring is 1. The number of nitrogens with two attached hydrogens (primary N) is 1. The van der Waals surface area contributed by atoms with Gasteiger partial charge in [0.2, 0.25) is 5.95 Å². The van der Waals surface area contributed by atoms with Gasteiger partial charge in [-0.3, -0.25) is 0 Å². The lowest BCUT2D eigenvalue weighted by Crippen LogP contribution is -2.49. The highest BCUT2D eigenvalue weighted by Gasteiger charge is 2.27. The van der Waals surface area contributed by atoms with Gasteiger partial charge < -0.3 is 20.7 Å². The molecule has 0 aliphatic carbocycles. The Balaban J connectivity index is 2.29. The van der Waals surface area contributed by atoms with Gasteiger partial charge in [0.25, 0.3) is 0 Å². The summed E-state index contributed by atoms with van der Waals surface area (Å²) < 4.78 is 5.69. The quantitative estimate of drug-likeness (QED) is 0.838. The van der Waals surface area contributed by atoms with E-state index in [9.17, 15) is 0 Å². The molecular weight excluding hydrogens is 230 g/mol. The van der Waals surface area contributed by atoms with E-state index in [0.29, 0.717) is 12.0 Å². The molecule has 6 nitrogen and oxygen atoms in total. The van der Waals surface area contributed by atoms with Crippen LogP contribution in [-0.4, -0.2) is 42.3 Å². The van der Waals surface area contributed by atoms with Crippen LogP contribution in [0, 0.1) is 0 Å². The summed E-state index contributed by atoms with van der Waals surface area (Å²) >= 11 is 0. The molecule has 2 atom stereocenters. The van der Waals surface area contributed by atoms with Crippen LogP contribution in [0.5, 0.6) is 0 Å². The summed E-state index contributed by atoms with van der Waals surface area (Å²) in [5.41, 5.74) is 5.74. The SMILES string of the molecule is CCC1COC(C)CN1c1cc(NC)nc(N)n1. The lowest BCUT2D eigenvalue weighted by Gasteiger charge is -2.39. The molecule has 0 spiro atoms. The number of nitrogens with one attached hydrogen (secondary N) is 1. The summed E-state index contributed by atoms with van der Waals surface area (Å²) in [7, 11) is 1.82. The summed E-state index contributed by atoms with van der Waals surface area (Å²) in [6.07, 6.45) is 1.23. The molecule has 18 heavy (non-hydrogen) atoms. The Kier molecular flexibility index (Phi) is 3.86. The number of hydrogen-bond acceptors (Lipinski definition) is 6. The summed E-state index contributed by atoms with van der Waals surface area (Å²) in [4.78, 5) is 10.7. The normalized spacial score (nSPS) is 24.1. The highest BCUT2D eigenvalue weighted by Crippen LogP contribution is 2.24. The second kappa shape index (κ2) is 5.39. The van der Waals surface area contributed by atoms with E-state index in [0.717, 1.165) is 31.2 Å². The Morgan fingerprint density at radius 2 is 2.33 bits per heavy atom. The van der Waals surface area contributed by atoms with Crippen molar-refractivity contribution in [3.63, 3.8) is 0 Å². The minimum absolute atomic E-state index is 0.210. The van der Waals surface area contributed by atoms with Gasteiger partial charge in [-0.1, -0.05) is 6.92 Å². The fraction of sp³-hybridized carbons (Fsp3) is 0.667. The largest absolute Gasteiger partial charge is 0.375 e. The van der Waals surface area contributed by atoms with E-state index in [1.165, 1.54) is 0 Å². The van der Waals surface area contributed by atoms with Gasteiger partial charge in [-0.2, -0.15) is 9.97 Å². The lowest BCUT2D eigenvalue weighted by molar-refractivity contribution is 0.0296. The molecule has 1 saturated heterocycles. The zero-order valence-corrected chi connectivity index (χ0v) is 11.2. The van der Waals surface area contributed by atoms with Crippen LogP contribution >= 0.6 is 0 Å². The van der Waals surface area contributed by atoms with Gasteiger partial charge in [-0.15, -0.1) is 0 Å². The first-order chi connectivity index (χ1) is 8.63. The maximum atomic E-state index is 5.74. The first kappa shape index (κ1) is 12.9. The van der Waals surface area contributed by atoms with Crippen molar-refractivity contribution in [3.8, 4) is 0 Å². The summed E-state index contributed by atoms with van der Waals surface area (Å²) in [5, 5.41) is 3.00. The highest BCUT2D eigenvalue weighted by molar-refractivity contribution is 5.53. The summed E-state index contributed by atoms with van der Waals surface area (Å²) in [6, 6.07) is 2.28. The van der Waals surface area contributed by atoms with E-state index in [-0.39, 0.29) is 6.10 Å². The van der Waals surface area contributed by atoms with Gasteiger partial charge in [-0.25, -0.2) is 0 Å². The van der Waals surface area contributed by atoms with Crippen LogP contribution in [0.15, 0.2) is 6.07 Å². The van der Waals surface area contributed by atoms with Crippen molar-refractivity contribution in [2.75, 3.05) is 36.1 Å². The highest BCUT2D eigenvalue weighted by atomic mass is 16.5. The van der Waals surface area contributed by atoms with Gasteiger partial charge in [0.1, 0.15) is 11.6 Å². The molecule has 0 aromatic carbocycles. The van der Waals surface area contributed by atoms with E-state index in [1.54, 1.807) is 0 Å². The van der Waals surface area contributed by atoms with Gasteiger partial charge in [0, 0.05) is 19.7 Å². The van der Waals surface area contributed by atoms with Crippen molar-refractivity contribution in [1.29, 1.82) is 0 Å². The molecule has 0 amide bonds. The molecule has 3 N–H and O–H groups in total. The molecule has 2 rings (SSSR count). The maximum absolute atomic E-state index is 5.74. The predicted molar refractivity (Wildman–Crippen MR) is 72.8 cm³/mol. The van der Waals surface area contributed by atoms with Crippen molar-refractivity contribution in [1.82, 2.24) is 9.97 Å². The Morgan fingerprint density at radius 3 is 3.00 bits per heavy atom. The van der Waals surface area contributed by atoms with Crippen molar-refractivity contribution in [2.24, 2.45) is 0 Å². The van der Waals surface area contributed by atoms with Gasteiger partial charge in [0.15, 0.2) is 0 Å². The third-order valence-electron chi connectivity index (χ3n) is 3.22. The van der Waals surface area contributed by atoms with Crippen molar-refractivity contribution in [3.05, 3.63) is 6.07 Å². The average molecular weight is 251 g/mol. The Hall–Kier alpha value is -1.56. The Bertz CT molecular complexity index is 411. The number of ether oxygens (including phenoxy) is 1. The molecule has 0 saturated carbocycles. The van der Waals surface area contributed by atoms with E-state index in [1.807, 2.05) is 13.1 Å². The van der Waals surface area contributed by atoms with Gasteiger partial charge in [0.05, 0.1) is 18.8 Å². The van der Waals surface area contributed by atoms with Crippen molar-refractivity contribution >= 4 is 17.6 Å². The van der Waals surface area contributed by atoms with Crippen LogP contribution in [-0.2, 0) is 4.74 Å². The van der Waals surface area contributed by atoms with E-state index >= 15 is 0 Å². The first-order valence-corrected chi connectivity index (χ1v) is 6.34.